The first-order chi connectivity index (χ1) is 14.5. The van der Waals surface area contributed by atoms with Gasteiger partial charge >= 0.3 is 6.03 Å². The molecule has 30 heavy (non-hydrogen) atoms. The van der Waals surface area contributed by atoms with Gasteiger partial charge < -0.3 is 4.90 Å². The lowest BCUT2D eigenvalue weighted by Gasteiger charge is -2.31. The quantitative estimate of drug-likeness (QED) is 0.667. The number of benzene rings is 1. The van der Waals surface area contributed by atoms with E-state index in [2.05, 4.69) is 16.5 Å². The smallest absolute Gasteiger partial charge is 0.322 e. The molecule has 1 atom stereocenters. The monoisotopic (exact) mass is 445 g/mol. The Kier molecular flexibility index (Phi) is 4.98. The Hall–Kier alpha value is -2.46. The molecule has 1 N–H and O–H groups in total. The highest BCUT2D eigenvalue weighted by molar-refractivity contribution is 7.91. The molecule has 158 valence electrons. The largest absolute Gasteiger partial charge is 0.324 e. The number of piperidine rings is 1. The highest BCUT2D eigenvalue weighted by Gasteiger charge is 2.32. The number of para-hydroxylation sites is 1. The lowest BCUT2D eigenvalue weighted by Crippen LogP contribution is -2.41. The molecule has 2 aliphatic rings. The zero-order chi connectivity index (χ0) is 20.7. The minimum atomic E-state index is -3.02. The molecule has 8 nitrogen and oxygen atoms in total. The van der Waals surface area contributed by atoms with Crippen LogP contribution in [0, 0.1) is 0 Å². The Morgan fingerprint density at radius 1 is 1.13 bits per heavy atom. The van der Waals surface area contributed by atoms with E-state index in [1.165, 1.54) is 4.70 Å². The average molecular weight is 446 g/mol. The van der Waals surface area contributed by atoms with E-state index < -0.39 is 9.84 Å². The number of urea groups is 1. The average Bonchev–Trinajstić information content (AvgIpc) is 3.45. The van der Waals surface area contributed by atoms with E-state index in [1.807, 2.05) is 23.1 Å². The number of nitrogens with one attached hydrogen (secondary N) is 1. The van der Waals surface area contributed by atoms with Crippen molar-refractivity contribution < 1.29 is 13.2 Å². The van der Waals surface area contributed by atoms with Gasteiger partial charge in [0.15, 0.2) is 9.84 Å². The number of sulfone groups is 1. The Balaban J connectivity index is 1.21. The Labute approximate surface area is 178 Å². The molecule has 4 heterocycles. The van der Waals surface area contributed by atoms with E-state index in [1.54, 1.807) is 28.3 Å². The summed E-state index contributed by atoms with van der Waals surface area (Å²) in [5.41, 5.74) is 1.04. The summed E-state index contributed by atoms with van der Waals surface area (Å²) >= 11 is 1.74. The number of hydrogen-bond donors (Lipinski definition) is 1. The Bertz CT molecular complexity index is 1140. The fraction of sp³-hybridized carbons (Fsp3) is 0.450. The second-order valence-electron chi connectivity index (χ2n) is 7.93. The van der Waals surface area contributed by atoms with E-state index in [9.17, 15) is 13.2 Å². The van der Waals surface area contributed by atoms with Gasteiger partial charge in [-0.1, -0.05) is 12.1 Å². The van der Waals surface area contributed by atoms with Gasteiger partial charge in [0.1, 0.15) is 5.82 Å². The number of carbonyl (C=O) groups is 1. The van der Waals surface area contributed by atoms with Crippen molar-refractivity contribution in [3.05, 3.63) is 41.5 Å². The fourth-order valence-electron chi connectivity index (χ4n) is 4.26. The molecule has 2 aliphatic heterocycles. The minimum Gasteiger partial charge on any atom is -0.324 e. The van der Waals surface area contributed by atoms with Crippen LogP contribution in [0.25, 0.3) is 10.2 Å². The van der Waals surface area contributed by atoms with Crippen LogP contribution in [0.15, 0.2) is 36.5 Å². The van der Waals surface area contributed by atoms with Crippen molar-refractivity contribution >= 4 is 43.2 Å². The van der Waals surface area contributed by atoms with Crippen LogP contribution in [0.5, 0.6) is 0 Å². The van der Waals surface area contributed by atoms with Crippen molar-refractivity contribution in [3.8, 4) is 0 Å². The van der Waals surface area contributed by atoms with Crippen LogP contribution < -0.4 is 5.32 Å². The van der Waals surface area contributed by atoms with E-state index in [4.69, 9.17) is 4.98 Å². The first-order valence-electron chi connectivity index (χ1n) is 10.1. The first-order valence-corrected chi connectivity index (χ1v) is 12.8. The van der Waals surface area contributed by atoms with Crippen molar-refractivity contribution in [2.45, 2.75) is 31.2 Å². The summed E-state index contributed by atoms with van der Waals surface area (Å²) < 4.78 is 26.4. The van der Waals surface area contributed by atoms with Crippen molar-refractivity contribution in [2.24, 2.45) is 0 Å². The molecule has 2 fully saturated rings. The molecule has 2 aromatic heterocycles. The van der Waals surface area contributed by atoms with Gasteiger partial charge in [0.25, 0.3) is 0 Å². The number of fused-ring (bicyclic) bond motifs is 1. The highest BCUT2D eigenvalue weighted by atomic mass is 32.2. The summed E-state index contributed by atoms with van der Waals surface area (Å²) in [4.78, 5) is 19.4. The van der Waals surface area contributed by atoms with Crippen molar-refractivity contribution in [3.63, 3.8) is 0 Å². The van der Waals surface area contributed by atoms with Crippen LogP contribution in [-0.4, -0.2) is 58.7 Å². The molecule has 1 aromatic carbocycles. The standard InChI is InChI=1S/C20H23N5O3S2/c26-20(23-18-5-9-21-25(18)15-8-12-30(27,28)13-15)24-10-6-14(7-11-24)19-22-16-3-1-2-4-17(16)29-19/h1-5,9,14-15H,6-8,10-13H2,(H,23,26). The van der Waals surface area contributed by atoms with Gasteiger partial charge in [0, 0.05) is 25.1 Å². The van der Waals surface area contributed by atoms with Crippen LogP contribution in [-0.2, 0) is 9.84 Å². The number of carbonyl (C=O) groups excluding carboxylic acids is 1. The van der Waals surface area contributed by atoms with Crippen LogP contribution in [0.4, 0.5) is 10.6 Å². The molecular formula is C20H23N5O3S2. The molecule has 10 heteroatoms. The fourth-order valence-corrected chi connectivity index (χ4v) is 7.08. The number of rotatable bonds is 3. The summed E-state index contributed by atoms with van der Waals surface area (Å²) in [5.74, 6) is 1.17. The van der Waals surface area contributed by atoms with E-state index in [0.29, 0.717) is 31.2 Å². The third-order valence-corrected chi connectivity index (χ3v) is 8.85. The maximum atomic E-state index is 12.8. The molecule has 3 aromatic rings. The predicted octanol–water partition coefficient (Wildman–Crippen LogP) is 3.26. The van der Waals surface area contributed by atoms with Gasteiger partial charge in [-0.15, -0.1) is 11.3 Å². The van der Waals surface area contributed by atoms with Gasteiger partial charge in [0.05, 0.1) is 39.0 Å². The van der Waals surface area contributed by atoms with Gasteiger partial charge in [-0.25, -0.2) is 22.9 Å². The summed E-state index contributed by atoms with van der Waals surface area (Å²) in [6, 6.07) is 9.50. The normalized spacial score (nSPS) is 21.9. The predicted molar refractivity (Wildman–Crippen MR) is 117 cm³/mol. The van der Waals surface area contributed by atoms with E-state index >= 15 is 0 Å². The second kappa shape index (κ2) is 7.66. The molecule has 2 amide bonds. The van der Waals surface area contributed by atoms with Gasteiger partial charge in [-0.2, -0.15) is 5.10 Å². The SMILES string of the molecule is O=C(Nc1ccnn1C1CCS(=O)(=O)C1)N1CCC(c2nc3ccccc3s2)CC1. The van der Waals surface area contributed by atoms with Crippen LogP contribution in [0.1, 0.15) is 36.2 Å². The molecule has 0 spiro atoms. The van der Waals surface area contributed by atoms with E-state index in [-0.39, 0.29) is 23.6 Å². The summed E-state index contributed by atoms with van der Waals surface area (Å²) in [6.07, 6.45) is 3.89. The second-order valence-corrected chi connectivity index (χ2v) is 11.2. The third kappa shape index (κ3) is 3.81. The minimum absolute atomic E-state index is 0.0745. The molecule has 2 saturated heterocycles. The number of likely N-dealkylation sites (tertiary alicyclic amines) is 1. The summed E-state index contributed by atoms with van der Waals surface area (Å²) in [5, 5.41) is 8.32. The van der Waals surface area contributed by atoms with Crippen molar-refractivity contribution in [1.82, 2.24) is 19.7 Å². The van der Waals surface area contributed by atoms with Gasteiger partial charge in [0.2, 0.25) is 0 Å². The summed E-state index contributed by atoms with van der Waals surface area (Å²) in [7, 11) is -3.02. The zero-order valence-corrected chi connectivity index (χ0v) is 18.0. The highest BCUT2D eigenvalue weighted by Crippen LogP contribution is 2.34. The number of anilines is 1. The Morgan fingerprint density at radius 2 is 1.93 bits per heavy atom. The molecule has 0 aliphatic carbocycles. The number of amides is 2. The third-order valence-electron chi connectivity index (χ3n) is 5.90. The topological polar surface area (TPSA) is 97.2 Å². The molecule has 1 unspecified atom stereocenters. The van der Waals surface area contributed by atoms with Crippen LogP contribution in [0.3, 0.4) is 0 Å². The molecule has 0 bridgehead atoms. The summed E-state index contributed by atoms with van der Waals surface area (Å²) in [6.45, 7) is 1.33. The van der Waals surface area contributed by atoms with Crippen LogP contribution in [0.2, 0.25) is 0 Å². The molecule has 0 saturated carbocycles. The maximum Gasteiger partial charge on any atom is 0.322 e. The maximum absolute atomic E-state index is 12.8. The zero-order valence-electron chi connectivity index (χ0n) is 16.4. The number of aromatic nitrogens is 3. The van der Waals surface area contributed by atoms with Crippen molar-refractivity contribution in [1.29, 1.82) is 0 Å². The lowest BCUT2D eigenvalue weighted by molar-refractivity contribution is 0.194. The number of thiazole rings is 1. The molecule has 5 rings (SSSR count). The van der Waals surface area contributed by atoms with Gasteiger partial charge in [-0.3, -0.25) is 5.32 Å². The Morgan fingerprint density at radius 3 is 2.67 bits per heavy atom. The molecule has 0 radical (unpaired) electrons. The first kappa shape index (κ1) is 19.5. The van der Waals surface area contributed by atoms with Crippen molar-refractivity contribution in [2.75, 3.05) is 29.9 Å². The molecular weight excluding hydrogens is 422 g/mol. The lowest BCUT2D eigenvalue weighted by atomic mass is 9.98. The van der Waals surface area contributed by atoms with E-state index in [0.717, 1.165) is 23.4 Å². The van der Waals surface area contributed by atoms with Gasteiger partial charge in [-0.05, 0) is 31.4 Å². The van der Waals surface area contributed by atoms with Crippen LogP contribution >= 0.6 is 11.3 Å². The number of nitrogens with zero attached hydrogens (tertiary/aromatic N) is 4. The number of hydrogen-bond acceptors (Lipinski definition) is 6.